The van der Waals surface area contributed by atoms with Crippen LogP contribution in [0.4, 0.5) is 10.1 Å². The van der Waals surface area contributed by atoms with Crippen LogP contribution < -0.4 is 15.4 Å². The van der Waals surface area contributed by atoms with Gasteiger partial charge in [-0.25, -0.2) is 14.4 Å². The molecule has 1 amide bonds. The number of benzene rings is 1. The Balaban J connectivity index is 1.20. The van der Waals surface area contributed by atoms with Crippen LogP contribution in [0.1, 0.15) is 19.3 Å². The minimum absolute atomic E-state index is 0.0122. The lowest BCUT2D eigenvalue weighted by Crippen LogP contribution is -2.30. The van der Waals surface area contributed by atoms with Crippen molar-refractivity contribution in [2.24, 2.45) is 5.92 Å². The SMILES string of the molecule is COc1cc(F)cc(-c2nccc3[nH]c(-c4n[nH]c5ccc(-c6cncc(NC(=O)CC7CCNCC7)c6)nc45)nc23)c1. The first-order chi connectivity index (χ1) is 21.0. The normalized spacial score (nSPS) is 13.9. The van der Waals surface area contributed by atoms with Gasteiger partial charge in [0.25, 0.3) is 0 Å². The third-order valence-corrected chi connectivity index (χ3v) is 7.66. The number of ether oxygens (including phenoxy) is 1. The van der Waals surface area contributed by atoms with Gasteiger partial charge in [-0.2, -0.15) is 5.10 Å². The van der Waals surface area contributed by atoms with Crippen molar-refractivity contribution in [1.82, 2.24) is 40.4 Å². The Morgan fingerprint density at radius 3 is 2.72 bits per heavy atom. The summed E-state index contributed by atoms with van der Waals surface area (Å²) in [7, 11) is 1.49. The predicted octanol–water partition coefficient (Wildman–Crippen LogP) is 5.10. The summed E-state index contributed by atoms with van der Waals surface area (Å²) in [5.74, 6) is 0.823. The highest BCUT2D eigenvalue weighted by atomic mass is 19.1. The number of anilines is 1. The molecular weight excluding hydrogens is 549 g/mol. The molecule has 1 aliphatic rings. The van der Waals surface area contributed by atoms with Crippen LogP contribution in [-0.2, 0) is 4.79 Å². The minimum Gasteiger partial charge on any atom is -0.497 e. The van der Waals surface area contributed by atoms with E-state index in [1.807, 2.05) is 18.2 Å². The highest BCUT2D eigenvalue weighted by Gasteiger charge is 2.19. The molecule has 1 fully saturated rings. The van der Waals surface area contributed by atoms with Gasteiger partial charge in [0.1, 0.15) is 22.6 Å². The predicted molar refractivity (Wildman–Crippen MR) is 161 cm³/mol. The zero-order chi connectivity index (χ0) is 29.3. The van der Waals surface area contributed by atoms with Crippen LogP contribution in [0.15, 0.2) is 61.1 Å². The number of pyridine rings is 3. The molecule has 43 heavy (non-hydrogen) atoms. The van der Waals surface area contributed by atoms with Gasteiger partial charge < -0.3 is 20.4 Å². The molecule has 0 saturated carbocycles. The molecule has 0 spiro atoms. The van der Waals surface area contributed by atoms with Crippen LogP contribution in [0.5, 0.6) is 5.75 Å². The van der Waals surface area contributed by atoms with Crippen molar-refractivity contribution in [2.45, 2.75) is 19.3 Å². The number of carbonyl (C=O) groups excluding carboxylic acids is 1. The molecule has 0 atom stereocenters. The molecule has 0 unspecified atom stereocenters. The average Bonchev–Trinajstić information content (AvgIpc) is 3.65. The van der Waals surface area contributed by atoms with Crippen molar-refractivity contribution in [1.29, 1.82) is 0 Å². The summed E-state index contributed by atoms with van der Waals surface area (Å²) in [5, 5.41) is 13.8. The topological polar surface area (TPSA) is 146 Å². The summed E-state index contributed by atoms with van der Waals surface area (Å²) < 4.78 is 19.5. The second-order valence-electron chi connectivity index (χ2n) is 10.6. The van der Waals surface area contributed by atoms with E-state index in [4.69, 9.17) is 14.7 Å². The fourth-order valence-electron chi connectivity index (χ4n) is 5.51. The number of imidazole rings is 1. The lowest BCUT2D eigenvalue weighted by atomic mass is 9.94. The summed E-state index contributed by atoms with van der Waals surface area (Å²) in [5.41, 5.74) is 6.24. The lowest BCUT2D eigenvalue weighted by Gasteiger charge is -2.21. The Kier molecular flexibility index (Phi) is 6.95. The Hall–Kier alpha value is -5.23. The maximum Gasteiger partial charge on any atom is 0.224 e. The molecule has 0 aliphatic carbocycles. The lowest BCUT2D eigenvalue weighted by molar-refractivity contribution is -0.117. The second-order valence-corrected chi connectivity index (χ2v) is 10.6. The van der Waals surface area contributed by atoms with Gasteiger partial charge in [0.2, 0.25) is 5.91 Å². The number of methoxy groups -OCH3 is 1. The smallest absolute Gasteiger partial charge is 0.224 e. The van der Waals surface area contributed by atoms with Crippen LogP contribution >= 0.6 is 0 Å². The van der Waals surface area contributed by atoms with Gasteiger partial charge in [-0.1, -0.05) is 0 Å². The molecule has 0 bridgehead atoms. The van der Waals surface area contributed by atoms with E-state index in [0.29, 0.717) is 68.8 Å². The Morgan fingerprint density at radius 1 is 1.00 bits per heavy atom. The Morgan fingerprint density at radius 2 is 1.86 bits per heavy atom. The van der Waals surface area contributed by atoms with Crippen molar-refractivity contribution in [3.63, 3.8) is 0 Å². The number of H-pyrrole nitrogens is 2. The molecule has 4 N–H and O–H groups in total. The summed E-state index contributed by atoms with van der Waals surface area (Å²) in [4.78, 5) is 34.5. The van der Waals surface area contributed by atoms with E-state index < -0.39 is 5.82 Å². The fraction of sp³-hybridized carbons (Fsp3) is 0.226. The molecule has 1 saturated heterocycles. The number of piperidine rings is 1. The van der Waals surface area contributed by atoms with E-state index in [2.05, 4.69) is 35.8 Å². The average molecular weight is 578 g/mol. The van der Waals surface area contributed by atoms with Crippen LogP contribution in [0, 0.1) is 11.7 Å². The number of carbonyl (C=O) groups is 1. The molecule has 216 valence electrons. The number of halogens is 1. The van der Waals surface area contributed by atoms with Gasteiger partial charge in [0.05, 0.1) is 41.4 Å². The van der Waals surface area contributed by atoms with E-state index in [-0.39, 0.29) is 5.91 Å². The first-order valence-corrected chi connectivity index (χ1v) is 14.1. The van der Waals surface area contributed by atoms with Gasteiger partial charge in [-0.05, 0) is 68.2 Å². The van der Waals surface area contributed by atoms with Crippen molar-refractivity contribution in [3.05, 3.63) is 66.9 Å². The molecular formula is C31H28FN9O2. The van der Waals surface area contributed by atoms with Crippen molar-refractivity contribution >= 4 is 33.7 Å². The van der Waals surface area contributed by atoms with Crippen molar-refractivity contribution in [3.8, 4) is 39.8 Å². The number of aromatic amines is 2. The third kappa shape index (κ3) is 5.40. The van der Waals surface area contributed by atoms with Gasteiger partial charge in [-0.3, -0.25) is 19.9 Å². The molecule has 11 nitrogen and oxygen atoms in total. The third-order valence-electron chi connectivity index (χ3n) is 7.66. The molecule has 12 heteroatoms. The largest absolute Gasteiger partial charge is 0.497 e. The quantitative estimate of drug-likeness (QED) is 0.205. The minimum atomic E-state index is -0.432. The van der Waals surface area contributed by atoms with Crippen LogP contribution in [0.2, 0.25) is 0 Å². The van der Waals surface area contributed by atoms with E-state index >= 15 is 0 Å². The Labute approximate surface area is 245 Å². The van der Waals surface area contributed by atoms with Gasteiger partial charge in [-0.15, -0.1) is 0 Å². The second kappa shape index (κ2) is 11.2. The van der Waals surface area contributed by atoms with Gasteiger partial charge >= 0.3 is 0 Å². The highest BCUT2D eigenvalue weighted by Crippen LogP contribution is 2.32. The van der Waals surface area contributed by atoms with Gasteiger partial charge in [0, 0.05) is 36.0 Å². The number of amides is 1. The summed E-state index contributed by atoms with van der Waals surface area (Å²) in [6.45, 7) is 1.90. The maximum atomic E-state index is 14.3. The fourth-order valence-corrected chi connectivity index (χ4v) is 5.51. The van der Waals surface area contributed by atoms with Crippen LogP contribution in [0.25, 0.3) is 56.1 Å². The molecule has 5 aromatic heterocycles. The standard InChI is InChI=1S/C31H28FN9O2/c1-43-22-13-18(11-20(32)14-22)27-28-24(6-9-35-27)38-31(39-28)30-29-25(40-41-30)3-2-23(37-29)19-12-21(16-34-15-19)36-26(42)10-17-4-7-33-8-5-17/h2-3,6,9,11-17,33H,4-5,7-8,10H2,1H3,(H,36,42)(H,38,39)(H,40,41). The van der Waals surface area contributed by atoms with Crippen molar-refractivity contribution in [2.75, 3.05) is 25.5 Å². The first-order valence-electron chi connectivity index (χ1n) is 14.1. The number of nitrogens with one attached hydrogen (secondary N) is 4. The molecule has 6 heterocycles. The monoisotopic (exact) mass is 577 g/mol. The molecule has 7 rings (SSSR count). The molecule has 1 aromatic carbocycles. The molecule has 1 aliphatic heterocycles. The number of hydrogen-bond donors (Lipinski definition) is 4. The van der Waals surface area contributed by atoms with Crippen LogP contribution in [0.3, 0.4) is 0 Å². The summed E-state index contributed by atoms with van der Waals surface area (Å²) in [6, 6.07) is 11.9. The number of nitrogens with zero attached hydrogens (tertiary/aromatic N) is 5. The number of rotatable bonds is 7. The summed E-state index contributed by atoms with van der Waals surface area (Å²) >= 11 is 0. The van der Waals surface area contributed by atoms with E-state index in [1.165, 1.54) is 19.2 Å². The first kappa shape index (κ1) is 26.7. The highest BCUT2D eigenvalue weighted by molar-refractivity contribution is 5.95. The zero-order valence-corrected chi connectivity index (χ0v) is 23.3. The maximum absolute atomic E-state index is 14.3. The number of fused-ring (bicyclic) bond motifs is 2. The number of hydrogen-bond acceptors (Lipinski definition) is 8. The molecule has 6 aromatic rings. The number of aromatic nitrogens is 7. The molecule has 0 radical (unpaired) electrons. The van der Waals surface area contributed by atoms with Crippen molar-refractivity contribution < 1.29 is 13.9 Å². The van der Waals surface area contributed by atoms with E-state index in [1.54, 1.807) is 30.7 Å². The Bertz CT molecular complexity index is 1960. The van der Waals surface area contributed by atoms with Crippen LogP contribution in [-0.4, -0.2) is 61.2 Å². The van der Waals surface area contributed by atoms with E-state index in [9.17, 15) is 9.18 Å². The van der Waals surface area contributed by atoms with Gasteiger partial charge in [0.15, 0.2) is 11.5 Å². The zero-order valence-electron chi connectivity index (χ0n) is 23.3. The van der Waals surface area contributed by atoms with E-state index in [0.717, 1.165) is 37.0 Å². The summed E-state index contributed by atoms with van der Waals surface area (Å²) in [6.07, 6.45) is 7.50.